The van der Waals surface area contributed by atoms with Gasteiger partial charge in [0.05, 0.1) is 12.0 Å². The zero-order valence-electron chi connectivity index (χ0n) is 12.9. The van der Waals surface area contributed by atoms with Crippen LogP contribution in [0.2, 0.25) is 0 Å². The minimum atomic E-state index is -0.948. The summed E-state index contributed by atoms with van der Waals surface area (Å²) in [5.74, 6) is 0.160. The van der Waals surface area contributed by atoms with E-state index >= 15 is 0 Å². The molecular weight excluding hydrogens is 272 g/mol. The lowest BCUT2D eigenvalue weighted by molar-refractivity contribution is -0.163. The maximum absolute atomic E-state index is 12.0. The van der Waals surface area contributed by atoms with E-state index in [0.717, 1.165) is 0 Å². The molecule has 1 heterocycles. The Morgan fingerprint density at radius 3 is 2.48 bits per heavy atom. The Bertz CT molecular complexity index is 518. The molecule has 1 aliphatic rings. The summed E-state index contributed by atoms with van der Waals surface area (Å²) in [6.45, 7) is 8.04. The van der Waals surface area contributed by atoms with Gasteiger partial charge in [0.15, 0.2) is 11.5 Å². The predicted molar refractivity (Wildman–Crippen MR) is 77.4 cm³/mol. The number of fused-ring (bicyclic) bond motifs is 1. The van der Waals surface area contributed by atoms with Crippen LogP contribution in [0.3, 0.4) is 0 Å². The van der Waals surface area contributed by atoms with Crippen LogP contribution in [0.15, 0.2) is 18.2 Å². The van der Waals surface area contributed by atoms with Gasteiger partial charge in [-0.25, -0.2) is 0 Å². The van der Waals surface area contributed by atoms with E-state index in [0.29, 0.717) is 30.3 Å². The maximum atomic E-state index is 12.0. The number of hydrogen-bond acceptors (Lipinski definition) is 5. The van der Waals surface area contributed by atoms with Gasteiger partial charge in [0.2, 0.25) is 0 Å². The number of carbonyl (C=O) groups is 1. The first-order valence-electron chi connectivity index (χ1n) is 7.08. The van der Waals surface area contributed by atoms with E-state index in [1.54, 1.807) is 45.9 Å². The molecule has 116 valence electrons. The number of rotatable bonds is 3. The Hall–Kier alpha value is -1.75. The van der Waals surface area contributed by atoms with E-state index < -0.39 is 23.6 Å². The quantitative estimate of drug-likeness (QED) is 0.868. The van der Waals surface area contributed by atoms with Gasteiger partial charge in [0, 0.05) is 0 Å². The third-order valence-electron chi connectivity index (χ3n) is 3.16. The van der Waals surface area contributed by atoms with Gasteiger partial charge in [-0.3, -0.25) is 4.79 Å². The van der Waals surface area contributed by atoms with Crippen molar-refractivity contribution in [2.45, 2.75) is 39.4 Å². The molecule has 2 atom stereocenters. The summed E-state index contributed by atoms with van der Waals surface area (Å²) in [6, 6.07) is 5.19. The molecule has 0 aliphatic carbocycles. The highest BCUT2D eigenvalue weighted by atomic mass is 16.6. The Balaban J connectivity index is 2.12. The standard InChI is InChI=1S/C16H22O5/c1-10(15(18)21-16(2,3)4)14(17)11-5-6-12-13(9-11)20-8-7-19-12/h5-6,9-10,14,17H,7-8H2,1-4H3. The topological polar surface area (TPSA) is 65.0 Å². The molecule has 1 aliphatic heterocycles. The van der Waals surface area contributed by atoms with Crippen molar-refractivity contribution in [3.63, 3.8) is 0 Å². The fraction of sp³-hybridized carbons (Fsp3) is 0.562. The molecule has 2 unspecified atom stereocenters. The van der Waals surface area contributed by atoms with Crippen LogP contribution in [0, 0.1) is 5.92 Å². The number of carbonyl (C=O) groups excluding carboxylic acids is 1. The van der Waals surface area contributed by atoms with Crippen LogP contribution in [-0.4, -0.2) is 29.9 Å². The lowest BCUT2D eigenvalue weighted by Crippen LogP contribution is -2.30. The zero-order valence-corrected chi connectivity index (χ0v) is 12.9. The van der Waals surface area contributed by atoms with Crippen LogP contribution >= 0.6 is 0 Å². The van der Waals surface area contributed by atoms with E-state index in [-0.39, 0.29) is 0 Å². The molecular formula is C16H22O5. The summed E-state index contributed by atoms with van der Waals surface area (Å²) < 4.78 is 16.2. The summed E-state index contributed by atoms with van der Waals surface area (Å²) in [4.78, 5) is 12.0. The van der Waals surface area contributed by atoms with Crippen molar-refractivity contribution in [1.29, 1.82) is 0 Å². The molecule has 0 aromatic heterocycles. The van der Waals surface area contributed by atoms with Crippen molar-refractivity contribution < 1.29 is 24.1 Å². The van der Waals surface area contributed by atoms with Crippen molar-refractivity contribution in [2.75, 3.05) is 13.2 Å². The van der Waals surface area contributed by atoms with Crippen LogP contribution in [0.5, 0.6) is 11.5 Å². The molecule has 0 spiro atoms. The van der Waals surface area contributed by atoms with Crippen LogP contribution < -0.4 is 9.47 Å². The fourth-order valence-electron chi connectivity index (χ4n) is 2.06. The molecule has 5 heteroatoms. The second kappa shape index (κ2) is 5.93. The average Bonchev–Trinajstić information content (AvgIpc) is 2.43. The summed E-state index contributed by atoms with van der Waals surface area (Å²) >= 11 is 0. The molecule has 0 saturated heterocycles. The van der Waals surface area contributed by atoms with Gasteiger partial charge in [0.1, 0.15) is 18.8 Å². The minimum absolute atomic E-state index is 0.426. The van der Waals surface area contributed by atoms with Crippen LogP contribution in [0.1, 0.15) is 39.4 Å². The molecule has 0 radical (unpaired) electrons. The van der Waals surface area contributed by atoms with Crippen molar-refractivity contribution in [1.82, 2.24) is 0 Å². The molecule has 2 rings (SSSR count). The van der Waals surface area contributed by atoms with Crippen LogP contribution in [0.25, 0.3) is 0 Å². The van der Waals surface area contributed by atoms with Gasteiger partial charge < -0.3 is 19.3 Å². The normalized spacial score (nSPS) is 17.0. The first-order valence-corrected chi connectivity index (χ1v) is 7.08. The van der Waals surface area contributed by atoms with E-state index in [2.05, 4.69) is 0 Å². The number of hydrogen-bond donors (Lipinski definition) is 1. The van der Waals surface area contributed by atoms with E-state index in [9.17, 15) is 9.90 Å². The summed E-state index contributed by atoms with van der Waals surface area (Å²) in [5, 5.41) is 10.4. The lowest BCUT2D eigenvalue weighted by Gasteiger charge is -2.25. The maximum Gasteiger partial charge on any atom is 0.312 e. The number of ether oxygens (including phenoxy) is 3. The summed E-state index contributed by atoms with van der Waals surface area (Å²) in [7, 11) is 0. The highest BCUT2D eigenvalue weighted by Crippen LogP contribution is 2.34. The number of esters is 1. The van der Waals surface area contributed by atoms with Gasteiger partial charge in [-0.1, -0.05) is 6.07 Å². The largest absolute Gasteiger partial charge is 0.486 e. The minimum Gasteiger partial charge on any atom is -0.486 e. The zero-order chi connectivity index (χ0) is 15.6. The van der Waals surface area contributed by atoms with Gasteiger partial charge >= 0.3 is 5.97 Å². The Kier molecular flexibility index (Phi) is 4.42. The van der Waals surface area contributed by atoms with Gasteiger partial charge in [0.25, 0.3) is 0 Å². The van der Waals surface area contributed by atoms with Gasteiger partial charge in [-0.2, -0.15) is 0 Å². The first kappa shape index (κ1) is 15.6. The van der Waals surface area contributed by atoms with Gasteiger partial charge in [-0.15, -0.1) is 0 Å². The monoisotopic (exact) mass is 294 g/mol. The van der Waals surface area contributed by atoms with Crippen molar-refractivity contribution in [3.8, 4) is 11.5 Å². The highest BCUT2D eigenvalue weighted by Gasteiger charge is 2.29. The molecule has 0 saturated carbocycles. The summed E-state index contributed by atoms with van der Waals surface area (Å²) in [5.41, 5.74) is 0.0373. The van der Waals surface area contributed by atoms with E-state index in [1.807, 2.05) is 0 Å². The number of aliphatic hydroxyl groups is 1. The molecule has 0 bridgehead atoms. The van der Waals surface area contributed by atoms with Gasteiger partial charge in [-0.05, 0) is 45.4 Å². The predicted octanol–water partition coefficient (Wildman–Crippen LogP) is 2.47. The van der Waals surface area contributed by atoms with Crippen molar-refractivity contribution >= 4 is 5.97 Å². The third kappa shape index (κ3) is 3.88. The van der Waals surface area contributed by atoms with Crippen LogP contribution in [-0.2, 0) is 9.53 Å². The van der Waals surface area contributed by atoms with E-state index in [4.69, 9.17) is 14.2 Å². The molecule has 1 N–H and O–H groups in total. The average molecular weight is 294 g/mol. The van der Waals surface area contributed by atoms with E-state index in [1.165, 1.54) is 0 Å². The van der Waals surface area contributed by atoms with Crippen LogP contribution in [0.4, 0.5) is 0 Å². The SMILES string of the molecule is CC(C(=O)OC(C)(C)C)C(O)c1ccc2c(c1)OCCO2. The van der Waals surface area contributed by atoms with Crippen molar-refractivity contribution in [3.05, 3.63) is 23.8 Å². The van der Waals surface area contributed by atoms with Crippen molar-refractivity contribution in [2.24, 2.45) is 5.92 Å². The molecule has 1 aromatic carbocycles. The Morgan fingerprint density at radius 1 is 1.24 bits per heavy atom. The third-order valence-corrected chi connectivity index (χ3v) is 3.16. The second-order valence-electron chi connectivity index (χ2n) is 6.17. The second-order valence-corrected chi connectivity index (χ2v) is 6.17. The lowest BCUT2D eigenvalue weighted by atomic mass is 9.97. The molecule has 21 heavy (non-hydrogen) atoms. The molecule has 1 aromatic rings. The molecule has 5 nitrogen and oxygen atoms in total. The Labute approximate surface area is 124 Å². The fourth-order valence-corrected chi connectivity index (χ4v) is 2.06. The number of benzene rings is 1. The highest BCUT2D eigenvalue weighted by molar-refractivity contribution is 5.73. The smallest absolute Gasteiger partial charge is 0.312 e. The summed E-state index contributed by atoms with van der Waals surface area (Å²) in [6.07, 6.45) is -0.948. The Morgan fingerprint density at radius 2 is 1.86 bits per heavy atom. The first-order chi connectivity index (χ1) is 9.78. The molecule has 0 fully saturated rings. The number of aliphatic hydroxyl groups excluding tert-OH is 1. The molecule has 0 amide bonds.